The maximum absolute atomic E-state index is 3.69. The number of hydrogen-bond donors (Lipinski definition) is 1. The second-order valence-corrected chi connectivity index (χ2v) is 5.73. The fourth-order valence-corrected chi connectivity index (χ4v) is 2.97. The van der Waals surface area contributed by atoms with E-state index in [0.29, 0.717) is 6.04 Å². The standard InChI is InChI=1S/C15H22N2/c1-11-7-12(2)9-14(8-11)16-13-5-6-17(10-13)15-3-4-15/h7-9,13,15-16H,3-6,10H2,1-2H3. The van der Waals surface area contributed by atoms with Crippen molar-refractivity contribution in [1.29, 1.82) is 0 Å². The summed E-state index contributed by atoms with van der Waals surface area (Å²) in [4.78, 5) is 2.65. The summed E-state index contributed by atoms with van der Waals surface area (Å²) in [5, 5.41) is 3.69. The minimum absolute atomic E-state index is 0.650. The van der Waals surface area contributed by atoms with Crippen LogP contribution in [0.3, 0.4) is 0 Å². The normalized spacial score (nSPS) is 25.2. The highest BCUT2D eigenvalue weighted by molar-refractivity contribution is 5.49. The number of rotatable bonds is 3. The number of nitrogens with one attached hydrogen (secondary N) is 1. The lowest BCUT2D eigenvalue weighted by molar-refractivity contribution is 0.326. The van der Waals surface area contributed by atoms with Gasteiger partial charge in [-0.2, -0.15) is 0 Å². The smallest absolute Gasteiger partial charge is 0.0400 e. The summed E-state index contributed by atoms with van der Waals surface area (Å²) >= 11 is 0. The molecule has 1 saturated heterocycles. The van der Waals surface area contributed by atoms with E-state index in [2.05, 4.69) is 42.3 Å². The van der Waals surface area contributed by atoms with Gasteiger partial charge in [0.25, 0.3) is 0 Å². The molecule has 17 heavy (non-hydrogen) atoms. The Balaban J connectivity index is 1.62. The number of anilines is 1. The molecule has 0 amide bonds. The Morgan fingerprint density at radius 3 is 2.41 bits per heavy atom. The zero-order valence-electron chi connectivity index (χ0n) is 10.9. The van der Waals surface area contributed by atoms with Crippen LogP contribution in [0.4, 0.5) is 5.69 Å². The van der Waals surface area contributed by atoms with Crippen LogP contribution in [0.2, 0.25) is 0 Å². The molecular formula is C15H22N2. The summed E-state index contributed by atoms with van der Waals surface area (Å²) in [5.74, 6) is 0. The maximum atomic E-state index is 3.69. The van der Waals surface area contributed by atoms with Gasteiger partial charge in [0.05, 0.1) is 0 Å². The van der Waals surface area contributed by atoms with Crippen molar-refractivity contribution in [3.05, 3.63) is 29.3 Å². The molecule has 2 aliphatic rings. The third-order valence-corrected chi connectivity index (χ3v) is 3.88. The minimum atomic E-state index is 0.650. The number of nitrogens with zero attached hydrogens (tertiary/aromatic N) is 1. The lowest BCUT2D eigenvalue weighted by Crippen LogP contribution is -2.27. The Labute approximate surface area is 104 Å². The topological polar surface area (TPSA) is 15.3 Å². The molecule has 1 unspecified atom stereocenters. The summed E-state index contributed by atoms with van der Waals surface area (Å²) in [7, 11) is 0. The Bertz CT molecular complexity index is 389. The Morgan fingerprint density at radius 1 is 1.06 bits per heavy atom. The Hall–Kier alpha value is -1.02. The molecule has 1 atom stereocenters. The monoisotopic (exact) mass is 230 g/mol. The van der Waals surface area contributed by atoms with Crippen molar-refractivity contribution < 1.29 is 0 Å². The molecule has 1 heterocycles. The number of benzene rings is 1. The summed E-state index contributed by atoms with van der Waals surface area (Å²) in [5.41, 5.74) is 4.00. The second-order valence-electron chi connectivity index (χ2n) is 5.73. The van der Waals surface area contributed by atoms with Crippen LogP contribution >= 0.6 is 0 Å². The minimum Gasteiger partial charge on any atom is -0.381 e. The molecule has 1 N–H and O–H groups in total. The molecule has 2 nitrogen and oxygen atoms in total. The van der Waals surface area contributed by atoms with Crippen LogP contribution in [0.15, 0.2) is 18.2 Å². The molecule has 0 bridgehead atoms. The third kappa shape index (κ3) is 2.63. The number of hydrogen-bond acceptors (Lipinski definition) is 2. The summed E-state index contributed by atoms with van der Waals surface area (Å²) in [6.07, 6.45) is 4.15. The van der Waals surface area contributed by atoms with Gasteiger partial charge >= 0.3 is 0 Å². The zero-order valence-corrected chi connectivity index (χ0v) is 10.9. The van der Waals surface area contributed by atoms with E-state index in [0.717, 1.165) is 6.04 Å². The Morgan fingerprint density at radius 2 is 1.76 bits per heavy atom. The van der Waals surface area contributed by atoms with Gasteiger partial charge in [0.2, 0.25) is 0 Å². The number of likely N-dealkylation sites (tertiary alicyclic amines) is 1. The highest BCUT2D eigenvalue weighted by Gasteiger charge is 2.34. The molecule has 2 fully saturated rings. The molecule has 1 aromatic carbocycles. The predicted octanol–water partition coefficient (Wildman–Crippen LogP) is 2.95. The highest BCUT2D eigenvalue weighted by Crippen LogP contribution is 2.30. The van der Waals surface area contributed by atoms with Crippen LogP contribution in [0, 0.1) is 13.8 Å². The molecule has 1 aromatic rings. The van der Waals surface area contributed by atoms with Gasteiger partial charge in [-0.15, -0.1) is 0 Å². The van der Waals surface area contributed by atoms with Crippen molar-refractivity contribution in [3.8, 4) is 0 Å². The first-order valence-electron chi connectivity index (χ1n) is 6.79. The average molecular weight is 230 g/mol. The van der Waals surface area contributed by atoms with E-state index in [9.17, 15) is 0 Å². The van der Waals surface area contributed by atoms with Gasteiger partial charge in [0.1, 0.15) is 0 Å². The molecule has 1 aliphatic heterocycles. The molecule has 0 spiro atoms. The molecular weight excluding hydrogens is 208 g/mol. The first-order valence-corrected chi connectivity index (χ1v) is 6.79. The van der Waals surface area contributed by atoms with Crippen LogP contribution < -0.4 is 5.32 Å². The predicted molar refractivity (Wildman–Crippen MR) is 72.5 cm³/mol. The van der Waals surface area contributed by atoms with Crippen LogP contribution in [0.1, 0.15) is 30.4 Å². The van der Waals surface area contributed by atoms with Gasteiger partial charge in [-0.05, 0) is 56.4 Å². The van der Waals surface area contributed by atoms with Gasteiger partial charge in [-0.25, -0.2) is 0 Å². The van der Waals surface area contributed by atoms with Crippen molar-refractivity contribution in [1.82, 2.24) is 4.90 Å². The maximum Gasteiger partial charge on any atom is 0.0400 e. The lowest BCUT2D eigenvalue weighted by Gasteiger charge is -2.17. The molecule has 0 aromatic heterocycles. The zero-order chi connectivity index (χ0) is 11.8. The largest absolute Gasteiger partial charge is 0.381 e. The SMILES string of the molecule is Cc1cc(C)cc(NC2CCN(C3CC3)C2)c1. The fourth-order valence-electron chi connectivity index (χ4n) is 2.97. The van der Waals surface area contributed by atoms with Gasteiger partial charge in [-0.3, -0.25) is 4.90 Å². The van der Waals surface area contributed by atoms with Crippen molar-refractivity contribution in [2.24, 2.45) is 0 Å². The molecule has 1 aliphatic carbocycles. The van der Waals surface area contributed by atoms with E-state index in [4.69, 9.17) is 0 Å². The van der Waals surface area contributed by atoms with Gasteiger partial charge in [-0.1, -0.05) is 6.07 Å². The summed E-state index contributed by atoms with van der Waals surface area (Å²) < 4.78 is 0. The molecule has 92 valence electrons. The number of aryl methyl sites for hydroxylation is 2. The van der Waals surface area contributed by atoms with Crippen LogP contribution in [-0.2, 0) is 0 Å². The first kappa shape index (κ1) is 11.1. The van der Waals surface area contributed by atoms with Crippen LogP contribution in [-0.4, -0.2) is 30.1 Å². The average Bonchev–Trinajstić information content (AvgIpc) is 2.99. The molecule has 2 heteroatoms. The molecule has 3 rings (SSSR count). The van der Waals surface area contributed by atoms with E-state index in [1.807, 2.05) is 0 Å². The van der Waals surface area contributed by atoms with E-state index in [-0.39, 0.29) is 0 Å². The first-order chi connectivity index (χ1) is 8.20. The molecule has 0 radical (unpaired) electrons. The van der Waals surface area contributed by atoms with Crippen molar-refractivity contribution >= 4 is 5.69 Å². The fraction of sp³-hybridized carbons (Fsp3) is 0.600. The molecule has 1 saturated carbocycles. The van der Waals surface area contributed by atoms with Crippen LogP contribution in [0.25, 0.3) is 0 Å². The van der Waals surface area contributed by atoms with Crippen molar-refractivity contribution in [2.45, 2.75) is 45.2 Å². The van der Waals surface area contributed by atoms with Gasteiger partial charge in [0, 0.05) is 30.9 Å². The van der Waals surface area contributed by atoms with Crippen molar-refractivity contribution in [2.75, 3.05) is 18.4 Å². The summed E-state index contributed by atoms with van der Waals surface area (Å²) in [6.45, 7) is 6.86. The quantitative estimate of drug-likeness (QED) is 0.859. The van der Waals surface area contributed by atoms with E-state index < -0.39 is 0 Å². The van der Waals surface area contributed by atoms with E-state index in [1.165, 1.54) is 49.2 Å². The third-order valence-electron chi connectivity index (χ3n) is 3.88. The second kappa shape index (κ2) is 4.34. The van der Waals surface area contributed by atoms with Crippen molar-refractivity contribution in [3.63, 3.8) is 0 Å². The van der Waals surface area contributed by atoms with Gasteiger partial charge < -0.3 is 5.32 Å². The van der Waals surface area contributed by atoms with Gasteiger partial charge in [0.15, 0.2) is 0 Å². The summed E-state index contributed by atoms with van der Waals surface area (Å²) in [6, 6.07) is 8.31. The Kier molecular flexibility index (Phi) is 2.83. The van der Waals surface area contributed by atoms with Crippen LogP contribution in [0.5, 0.6) is 0 Å². The lowest BCUT2D eigenvalue weighted by atomic mass is 10.1. The van der Waals surface area contributed by atoms with E-state index >= 15 is 0 Å². The van der Waals surface area contributed by atoms with E-state index in [1.54, 1.807) is 0 Å². The highest BCUT2D eigenvalue weighted by atomic mass is 15.2.